The molecule has 0 N–H and O–H groups in total. The molecule has 5 rings (SSSR count). The van der Waals surface area contributed by atoms with E-state index in [2.05, 4.69) is 51.3 Å². The molecule has 1 aliphatic heterocycles. The third-order valence-corrected chi connectivity index (χ3v) is 6.03. The molecule has 0 spiro atoms. The number of nitrogens with zero attached hydrogens (tertiary/aromatic N) is 4. The number of rotatable bonds is 4. The van der Waals surface area contributed by atoms with Gasteiger partial charge in [-0.05, 0) is 0 Å². The molecule has 3 heterocycles. The van der Waals surface area contributed by atoms with Crippen LogP contribution in [0.1, 0.15) is 16.1 Å². The highest BCUT2D eigenvalue weighted by molar-refractivity contribution is 7.15. The molecule has 0 unspecified atom stereocenters. The van der Waals surface area contributed by atoms with Crippen LogP contribution in [0.3, 0.4) is 0 Å². The topological polar surface area (TPSA) is 41.9 Å². The Morgan fingerprint density at radius 2 is 1.61 bits per heavy atom. The molecule has 0 bridgehead atoms. The van der Waals surface area contributed by atoms with E-state index >= 15 is 0 Å². The Balaban J connectivity index is 1.30. The van der Waals surface area contributed by atoms with Crippen LogP contribution in [0.5, 0.6) is 0 Å². The summed E-state index contributed by atoms with van der Waals surface area (Å²) >= 11 is 1.78. The standard InChI is InChI=1S/C23H20N4S/c1-3-7-17(8-4-1)22-24-13-19-15-27(12-11-21(19)26-22)16-20-14-25-23(28-20)18-9-5-2-6-10-18/h1-10,13-14H,11-12,15-16H2. The molecule has 0 radical (unpaired) electrons. The van der Waals surface area contributed by atoms with Crippen LogP contribution < -0.4 is 0 Å². The molecule has 0 saturated carbocycles. The second-order valence-corrected chi connectivity index (χ2v) is 8.11. The average Bonchev–Trinajstić information content (AvgIpc) is 3.23. The van der Waals surface area contributed by atoms with Crippen molar-refractivity contribution in [1.29, 1.82) is 0 Å². The number of fused-ring (bicyclic) bond motifs is 1. The van der Waals surface area contributed by atoms with Gasteiger partial charge < -0.3 is 0 Å². The van der Waals surface area contributed by atoms with Crippen molar-refractivity contribution in [3.63, 3.8) is 0 Å². The zero-order valence-electron chi connectivity index (χ0n) is 15.5. The van der Waals surface area contributed by atoms with Gasteiger partial charge in [0.1, 0.15) is 5.01 Å². The molecular formula is C23H20N4S. The van der Waals surface area contributed by atoms with Crippen LogP contribution in [-0.2, 0) is 19.5 Å². The zero-order valence-corrected chi connectivity index (χ0v) is 16.3. The smallest absolute Gasteiger partial charge is 0.159 e. The van der Waals surface area contributed by atoms with E-state index in [9.17, 15) is 0 Å². The van der Waals surface area contributed by atoms with E-state index in [1.807, 2.05) is 36.7 Å². The van der Waals surface area contributed by atoms with E-state index in [0.29, 0.717) is 0 Å². The molecule has 5 heteroatoms. The van der Waals surface area contributed by atoms with Gasteiger partial charge in [0.05, 0.1) is 5.69 Å². The molecule has 0 fully saturated rings. The molecule has 1 aliphatic rings. The van der Waals surface area contributed by atoms with Crippen LogP contribution in [-0.4, -0.2) is 26.4 Å². The zero-order chi connectivity index (χ0) is 18.8. The van der Waals surface area contributed by atoms with Gasteiger partial charge in [-0.3, -0.25) is 4.90 Å². The highest BCUT2D eigenvalue weighted by atomic mass is 32.1. The number of hydrogen-bond donors (Lipinski definition) is 0. The lowest BCUT2D eigenvalue weighted by molar-refractivity contribution is 0.245. The normalized spacial score (nSPS) is 14.0. The Morgan fingerprint density at radius 1 is 0.857 bits per heavy atom. The van der Waals surface area contributed by atoms with Crippen molar-refractivity contribution in [3.8, 4) is 22.0 Å². The third-order valence-electron chi connectivity index (χ3n) is 5.00. The van der Waals surface area contributed by atoms with Gasteiger partial charge in [0.15, 0.2) is 5.82 Å². The van der Waals surface area contributed by atoms with Gasteiger partial charge in [-0.2, -0.15) is 0 Å². The van der Waals surface area contributed by atoms with E-state index in [-0.39, 0.29) is 0 Å². The summed E-state index contributed by atoms with van der Waals surface area (Å²) < 4.78 is 0. The molecule has 0 atom stereocenters. The second kappa shape index (κ2) is 7.62. The molecule has 4 aromatic rings. The van der Waals surface area contributed by atoms with Crippen molar-refractivity contribution in [3.05, 3.63) is 89.2 Å². The van der Waals surface area contributed by atoms with Crippen LogP contribution in [0.4, 0.5) is 0 Å². The first-order valence-electron chi connectivity index (χ1n) is 9.48. The van der Waals surface area contributed by atoms with Crippen molar-refractivity contribution in [1.82, 2.24) is 19.9 Å². The van der Waals surface area contributed by atoms with Crippen molar-refractivity contribution < 1.29 is 0 Å². The number of thiazole rings is 1. The molecule has 2 aromatic carbocycles. The second-order valence-electron chi connectivity index (χ2n) is 6.99. The Morgan fingerprint density at radius 3 is 2.39 bits per heavy atom. The Bertz CT molecular complexity index is 1080. The maximum atomic E-state index is 4.82. The summed E-state index contributed by atoms with van der Waals surface area (Å²) in [6.07, 6.45) is 4.97. The molecular weight excluding hydrogens is 364 g/mol. The Hall–Kier alpha value is -2.89. The van der Waals surface area contributed by atoms with Gasteiger partial charge in [0, 0.05) is 60.0 Å². The first-order chi connectivity index (χ1) is 13.8. The number of aromatic nitrogens is 3. The molecule has 28 heavy (non-hydrogen) atoms. The SMILES string of the molecule is c1ccc(-c2ncc3c(n2)CCN(Cc2cnc(-c4ccccc4)s2)C3)cc1. The fraction of sp³-hybridized carbons (Fsp3) is 0.174. The summed E-state index contributed by atoms with van der Waals surface area (Å²) in [6.45, 7) is 2.82. The lowest BCUT2D eigenvalue weighted by Crippen LogP contribution is -2.30. The van der Waals surface area contributed by atoms with E-state index in [1.165, 1.54) is 21.7 Å². The van der Waals surface area contributed by atoms with Crippen molar-refractivity contribution in [2.45, 2.75) is 19.5 Å². The summed E-state index contributed by atoms with van der Waals surface area (Å²) in [4.78, 5) is 17.8. The van der Waals surface area contributed by atoms with Crippen LogP contribution in [0, 0.1) is 0 Å². The minimum Gasteiger partial charge on any atom is -0.293 e. The van der Waals surface area contributed by atoms with Crippen LogP contribution in [0.15, 0.2) is 73.1 Å². The Labute approximate surface area is 168 Å². The van der Waals surface area contributed by atoms with Gasteiger partial charge in [-0.15, -0.1) is 11.3 Å². The van der Waals surface area contributed by atoms with E-state index < -0.39 is 0 Å². The van der Waals surface area contributed by atoms with Crippen LogP contribution in [0.2, 0.25) is 0 Å². The predicted molar refractivity (Wildman–Crippen MR) is 113 cm³/mol. The fourth-order valence-electron chi connectivity index (χ4n) is 3.55. The van der Waals surface area contributed by atoms with Crippen molar-refractivity contribution >= 4 is 11.3 Å². The van der Waals surface area contributed by atoms with Gasteiger partial charge >= 0.3 is 0 Å². The first kappa shape index (κ1) is 17.2. The quantitative estimate of drug-likeness (QED) is 0.506. The predicted octanol–water partition coefficient (Wildman–Crippen LogP) is 4.83. The lowest BCUT2D eigenvalue weighted by atomic mass is 10.1. The van der Waals surface area contributed by atoms with Gasteiger partial charge in [0.25, 0.3) is 0 Å². The summed E-state index contributed by atoms with van der Waals surface area (Å²) in [6, 6.07) is 20.6. The first-order valence-corrected chi connectivity index (χ1v) is 10.3. The Kier molecular flexibility index (Phi) is 4.69. The lowest BCUT2D eigenvalue weighted by Gasteiger charge is -2.27. The molecule has 0 aliphatic carbocycles. The van der Waals surface area contributed by atoms with E-state index in [4.69, 9.17) is 4.98 Å². The molecule has 2 aromatic heterocycles. The molecule has 0 amide bonds. The summed E-state index contributed by atoms with van der Waals surface area (Å²) in [5.74, 6) is 0.822. The molecule has 0 saturated heterocycles. The largest absolute Gasteiger partial charge is 0.293 e. The maximum absolute atomic E-state index is 4.82. The van der Waals surface area contributed by atoms with Crippen LogP contribution in [0.25, 0.3) is 22.0 Å². The number of benzene rings is 2. The average molecular weight is 385 g/mol. The highest BCUT2D eigenvalue weighted by Crippen LogP contribution is 2.27. The molecule has 4 nitrogen and oxygen atoms in total. The minimum absolute atomic E-state index is 0.822. The fourth-order valence-corrected chi connectivity index (χ4v) is 4.51. The highest BCUT2D eigenvalue weighted by Gasteiger charge is 2.19. The summed E-state index contributed by atoms with van der Waals surface area (Å²) in [5.41, 5.74) is 4.67. The molecule has 138 valence electrons. The number of hydrogen-bond acceptors (Lipinski definition) is 5. The minimum atomic E-state index is 0.822. The summed E-state index contributed by atoms with van der Waals surface area (Å²) in [5, 5.41) is 1.09. The monoisotopic (exact) mass is 384 g/mol. The van der Waals surface area contributed by atoms with Crippen molar-refractivity contribution in [2.75, 3.05) is 6.54 Å². The van der Waals surface area contributed by atoms with Gasteiger partial charge in [-0.1, -0.05) is 60.7 Å². The maximum Gasteiger partial charge on any atom is 0.159 e. The third kappa shape index (κ3) is 3.59. The van der Waals surface area contributed by atoms with Gasteiger partial charge in [-0.25, -0.2) is 15.0 Å². The van der Waals surface area contributed by atoms with E-state index in [1.54, 1.807) is 11.3 Å². The van der Waals surface area contributed by atoms with E-state index in [0.717, 1.165) is 42.5 Å². The van der Waals surface area contributed by atoms with Gasteiger partial charge in [0.2, 0.25) is 0 Å². The van der Waals surface area contributed by atoms with Crippen molar-refractivity contribution in [2.24, 2.45) is 0 Å². The summed E-state index contributed by atoms with van der Waals surface area (Å²) in [7, 11) is 0. The van der Waals surface area contributed by atoms with Crippen LogP contribution >= 0.6 is 11.3 Å².